The van der Waals surface area contributed by atoms with E-state index in [1.54, 1.807) is 13.0 Å². The highest BCUT2D eigenvalue weighted by Crippen LogP contribution is 2.54. The second-order valence-electron chi connectivity index (χ2n) is 11.6. The van der Waals surface area contributed by atoms with Gasteiger partial charge in [-0.15, -0.1) is 0 Å². The third-order valence-corrected chi connectivity index (χ3v) is 8.72. The van der Waals surface area contributed by atoms with Gasteiger partial charge < -0.3 is 25.6 Å². The van der Waals surface area contributed by atoms with Gasteiger partial charge >= 0.3 is 0 Å². The topological polar surface area (TPSA) is 142 Å². The highest BCUT2D eigenvalue weighted by Gasteiger charge is 2.62. The standard InChI is InChI=1S/C32H31ClF3N5O5/c1-3-46-29-16(13-24(37)42)12-23(39-28(29)20-6-7-21(34)26(35)25(20)33)32(44,31(36)8-9-31)15-38-30(43)17-10-18-14-41(19-4-5-19)40-27(18)22(11-17)45-2/h6-7,10-12,14,19,44H,3-5,8-9,13,15H2,1-2H3,(H2,37,42)(H,38,43)/t32-/m0/s1. The average molecular weight is 658 g/mol. The Kier molecular flexibility index (Phi) is 8.09. The van der Waals surface area contributed by atoms with Crippen molar-refractivity contribution in [3.63, 3.8) is 0 Å². The van der Waals surface area contributed by atoms with Crippen LogP contribution >= 0.6 is 11.6 Å². The van der Waals surface area contributed by atoms with Crippen molar-refractivity contribution in [2.75, 3.05) is 20.3 Å². The number of primary amides is 1. The van der Waals surface area contributed by atoms with Gasteiger partial charge in [-0.3, -0.25) is 14.3 Å². The van der Waals surface area contributed by atoms with Crippen LogP contribution in [0.4, 0.5) is 13.2 Å². The Morgan fingerprint density at radius 2 is 1.98 bits per heavy atom. The lowest BCUT2D eigenvalue weighted by Gasteiger charge is -2.33. The highest BCUT2D eigenvalue weighted by atomic mass is 35.5. The summed E-state index contributed by atoms with van der Waals surface area (Å²) in [5, 5.41) is 19.3. The first-order chi connectivity index (χ1) is 21.9. The van der Waals surface area contributed by atoms with Gasteiger partial charge in [0, 0.05) is 28.3 Å². The van der Waals surface area contributed by atoms with Gasteiger partial charge in [0.15, 0.2) is 17.2 Å². The fraction of sp³-hybridized carbons (Fsp3) is 0.375. The van der Waals surface area contributed by atoms with Crippen molar-refractivity contribution >= 4 is 34.3 Å². The maximum Gasteiger partial charge on any atom is 0.251 e. The van der Waals surface area contributed by atoms with Crippen LogP contribution in [0.5, 0.6) is 11.5 Å². The number of aromatic nitrogens is 3. The lowest BCUT2D eigenvalue weighted by molar-refractivity contribution is -0.117. The number of aliphatic hydroxyl groups is 1. The van der Waals surface area contributed by atoms with Crippen molar-refractivity contribution in [2.24, 2.45) is 5.73 Å². The summed E-state index contributed by atoms with van der Waals surface area (Å²) in [4.78, 5) is 30.0. The van der Waals surface area contributed by atoms with Crippen LogP contribution in [0, 0.1) is 11.6 Å². The quantitative estimate of drug-likeness (QED) is 0.184. The van der Waals surface area contributed by atoms with Gasteiger partial charge in [0.2, 0.25) is 5.91 Å². The van der Waals surface area contributed by atoms with Crippen LogP contribution in [-0.2, 0) is 16.8 Å². The Morgan fingerprint density at radius 3 is 2.61 bits per heavy atom. The maximum atomic E-state index is 16.1. The summed E-state index contributed by atoms with van der Waals surface area (Å²) in [6.07, 6.45) is 3.32. The van der Waals surface area contributed by atoms with Crippen molar-refractivity contribution in [2.45, 2.75) is 56.3 Å². The van der Waals surface area contributed by atoms with Crippen LogP contribution in [0.2, 0.25) is 5.02 Å². The molecule has 2 aromatic carbocycles. The lowest BCUT2D eigenvalue weighted by Crippen LogP contribution is -2.49. The summed E-state index contributed by atoms with van der Waals surface area (Å²) in [6.45, 7) is 1.09. The number of pyridine rings is 1. The Hall–Kier alpha value is -4.36. The molecular formula is C32H31ClF3N5O5. The van der Waals surface area contributed by atoms with Crippen molar-refractivity contribution in [1.29, 1.82) is 0 Å². The molecule has 0 radical (unpaired) electrons. The molecule has 0 saturated heterocycles. The van der Waals surface area contributed by atoms with Gasteiger partial charge in [-0.2, -0.15) is 5.10 Å². The van der Waals surface area contributed by atoms with Crippen LogP contribution in [0.1, 0.15) is 60.3 Å². The third kappa shape index (κ3) is 5.62. The summed E-state index contributed by atoms with van der Waals surface area (Å²) >= 11 is 6.18. The second kappa shape index (κ2) is 11.8. The molecule has 6 rings (SSSR count). The van der Waals surface area contributed by atoms with E-state index in [-0.39, 0.29) is 53.3 Å². The summed E-state index contributed by atoms with van der Waals surface area (Å²) in [5.41, 5.74) is 1.15. The minimum Gasteiger partial charge on any atom is -0.494 e. The van der Waals surface area contributed by atoms with Crippen LogP contribution < -0.4 is 20.5 Å². The van der Waals surface area contributed by atoms with Crippen molar-refractivity contribution in [3.05, 3.63) is 70.0 Å². The Balaban J connectivity index is 1.41. The molecule has 4 aromatic rings. The zero-order valence-electron chi connectivity index (χ0n) is 25.0. The number of halogens is 4. The average Bonchev–Trinajstić information content (AvgIpc) is 3.97. The normalized spacial score (nSPS) is 16.6. The number of alkyl halides is 1. The first kappa shape index (κ1) is 31.6. The van der Waals surface area contributed by atoms with Crippen LogP contribution in [-0.4, -0.2) is 57.6 Å². The molecule has 10 nitrogen and oxygen atoms in total. The molecule has 0 bridgehead atoms. The zero-order chi connectivity index (χ0) is 33.0. The molecule has 2 saturated carbocycles. The van der Waals surface area contributed by atoms with Gasteiger partial charge in [-0.1, -0.05) is 11.6 Å². The smallest absolute Gasteiger partial charge is 0.251 e. The van der Waals surface area contributed by atoms with E-state index >= 15 is 4.39 Å². The molecule has 0 unspecified atom stereocenters. The van der Waals surface area contributed by atoms with E-state index in [1.807, 2.05) is 10.9 Å². The minimum absolute atomic E-state index is 0.0276. The molecule has 2 amide bonds. The van der Waals surface area contributed by atoms with Crippen molar-refractivity contribution < 1.29 is 37.3 Å². The van der Waals surface area contributed by atoms with E-state index in [9.17, 15) is 23.5 Å². The van der Waals surface area contributed by atoms with E-state index < -0.39 is 52.7 Å². The van der Waals surface area contributed by atoms with Gasteiger partial charge in [0.1, 0.15) is 28.4 Å². The fourth-order valence-electron chi connectivity index (χ4n) is 5.56. The largest absolute Gasteiger partial charge is 0.494 e. The molecule has 2 heterocycles. The Labute approximate surface area is 266 Å². The Bertz CT molecular complexity index is 1880. The molecular weight excluding hydrogens is 627 g/mol. The number of hydrogen-bond donors (Lipinski definition) is 3. The number of hydrogen-bond acceptors (Lipinski definition) is 7. The first-order valence-electron chi connectivity index (χ1n) is 14.7. The van der Waals surface area contributed by atoms with E-state index in [4.69, 9.17) is 26.8 Å². The molecule has 4 N–H and O–H groups in total. The van der Waals surface area contributed by atoms with E-state index in [0.29, 0.717) is 22.7 Å². The number of amides is 2. The predicted octanol–water partition coefficient (Wildman–Crippen LogP) is 4.92. The number of rotatable bonds is 12. The first-order valence-corrected chi connectivity index (χ1v) is 15.1. The van der Waals surface area contributed by atoms with E-state index in [0.717, 1.165) is 25.0 Å². The summed E-state index contributed by atoms with van der Waals surface area (Å²) in [5.74, 6) is -3.64. The van der Waals surface area contributed by atoms with Crippen molar-refractivity contribution in [1.82, 2.24) is 20.1 Å². The van der Waals surface area contributed by atoms with Crippen LogP contribution in [0.3, 0.4) is 0 Å². The predicted molar refractivity (Wildman–Crippen MR) is 163 cm³/mol. The summed E-state index contributed by atoms with van der Waals surface area (Å²) in [6, 6.07) is 6.69. The maximum absolute atomic E-state index is 16.1. The van der Waals surface area contributed by atoms with Crippen LogP contribution in [0.25, 0.3) is 22.2 Å². The van der Waals surface area contributed by atoms with E-state index in [1.165, 1.54) is 19.2 Å². The number of nitrogens with one attached hydrogen (secondary N) is 1. The Morgan fingerprint density at radius 1 is 1.24 bits per heavy atom. The number of ether oxygens (including phenoxy) is 2. The highest BCUT2D eigenvalue weighted by molar-refractivity contribution is 6.33. The molecule has 46 heavy (non-hydrogen) atoms. The molecule has 14 heteroatoms. The third-order valence-electron chi connectivity index (χ3n) is 8.35. The van der Waals surface area contributed by atoms with E-state index in [2.05, 4.69) is 15.4 Å². The van der Waals surface area contributed by atoms with Crippen molar-refractivity contribution in [3.8, 4) is 22.8 Å². The van der Waals surface area contributed by atoms with Gasteiger partial charge in [0.25, 0.3) is 5.91 Å². The van der Waals surface area contributed by atoms with Crippen LogP contribution in [0.15, 0.2) is 36.5 Å². The monoisotopic (exact) mass is 657 g/mol. The van der Waals surface area contributed by atoms with Gasteiger partial charge in [0.05, 0.1) is 43.4 Å². The molecule has 0 aliphatic heterocycles. The van der Waals surface area contributed by atoms with Gasteiger partial charge in [-0.05, 0) is 62.9 Å². The second-order valence-corrected chi connectivity index (χ2v) is 12.0. The lowest BCUT2D eigenvalue weighted by atomic mass is 9.88. The zero-order valence-corrected chi connectivity index (χ0v) is 25.8. The number of carbonyl (C=O) groups excluding carboxylic acids is 2. The number of nitrogens with zero attached hydrogens (tertiary/aromatic N) is 3. The number of fused-ring (bicyclic) bond motifs is 1. The summed E-state index contributed by atoms with van der Waals surface area (Å²) < 4.78 is 57.8. The molecule has 2 fully saturated rings. The number of benzene rings is 2. The molecule has 1 atom stereocenters. The molecule has 0 spiro atoms. The number of carbonyl (C=O) groups is 2. The fourth-order valence-corrected chi connectivity index (χ4v) is 5.80. The molecule has 2 aliphatic rings. The number of nitrogens with two attached hydrogens (primary N) is 1. The number of methoxy groups -OCH3 is 1. The minimum atomic E-state index is -2.43. The molecule has 2 aliphatic carbocycles. The van der Waals surface area contributed by atoms with Gasteiger partial charge in [-0.25, -0.2) is 18.2 Å². The molecule has 2 aromatic heterocycles. The summed E-state index contributed by atoms with van der Waals surface area (Å²) in [7, 11) is 1.46. The SMILES string of the molecule is CCOc1c(CC(N)=O)cc([C@@](O)(CNC(=O)c2cc(OC)c3nn(C4CC4)cc3c2)C2(F)CC2)nc1-c1ccc(F)c(F)c1Cl. The molecule has 242 valence electrons.